The molecule has 1 aliphatic heterocycles. The number of aliphatic hydroxyl groups is 1. The summed E-state index contributed by atoms with van der Waals surface area (Å²) in [6, 6.07) is 5.64. The Hall–Kier alpha value is -2.29. The molecule has 234 valence electrons. The number of methoxy groups -OCH3 is 2. The van der Waals surface area contributed by atoms with Crippen molar-refractivity contribution < 1.29 is 24.1 Å². The number of piperidine rings is 1. The van der Waals surface area contributed by atoms with Crippen LogP contribution in [0.15, 0.2) is 30.5 Å². The van der Waals surface area contributed by atoms with Gasteiger partial charge in [-0.25, -0.2) is 0 Å². The van der Waals surface area contributed by atoms with Crippen LogP contribution in [-0.4, -0.2) is 62.2 Å². The van der Waals surface area contributed by atoms with Crippen LogP contribution in [0.4, 0.5) is 0 Å². The van der Waals surface area contributed by atoms with Crippen molar-refractivity contribution in [3.05, 3.63) is 36.0 Å². The maximum atomic E-state index is 13.4. The summed E-state index contributed by atoms with van der Waals surface area (Å²) in [7, 11) is 3.32. The lowest BCUT2D eigenvalue weighted by molar-refractivity contribution is -0.128. The molecule has 1 fully saturated rings. The number of benzene rings is 1. The molecule has 0 aliphatic carbocycles. The third-order valence-electron chi connectivity index (χ3n) is 8.24. The highest BCUT2D eigenvalue weighted by Crippen LogP contribution is 2.32. The van der Waals surface area contributed by atoms with E-state index in [1.54, 1.807) is 14.2 Å². The standard InChI is InChI=1S/C33H57N3O5/c1-21(2)25(16-24-11-12-30(40-9)31(17-24)41-14-10-13-39-8)18-28(34)29(37)19-27(22(3)4)32(38)35-26-15-23(5)36-33(6,7)20-26/h11-12,17,21-22,25-29,36-37H,5,10,13-16,18-20,34H2,1-4,6-9H3,(H,35,38)/t25-,26?,27-,28-,29-/m0/s1. The van der Waals surface area contributed by atoms with Crippen LogP contribution < -0.4 is 25.8 Å². The van der Waals surface area contributed by atoms with Gasteiger partial charge in [-0.1, -0.05) is 40.3 Å². The minimum absolute atomic E-state index is 0.0154. The van der Waals surface area contributed by atoms with E-state index in [4.69, 9.17) is 19.9 Å². The Labute approximate surface area is 248 Å². The van der Waals surface area contributed by atoms with Gasteiger partial charge in [-0.15, -0.1) is 0 Å². The van der Waals surface area contributed by atoms with Crippen LogP contribution in [-0.2, 0) is 16.0 Å². The van der Waals surface area contributed by atoms with E-state index in [9.17, 15) is 9.90 Å². The van der Waals surface area contributed by atoms with Gasteiger partial charge >= 0.3 is 0 Å². The van der Waals surface area contributed by atoms with Crippen molar-refractivity contribution in [2.45, 2.75) is 104 Å². The van der Waals surface area contributed by atoms with Crippen molar-refractivity contribution in [2.24, 2.45) is 29.4 Å². The van der Waals surface area contributed by atoms with Gasteiger partial charge in [-0.2, -0.15) is 0 Å². The number of rotatable bonds is 17. The van der Waals surface area contributed by atoms with Crippen molar-refractivity contribution >= 4 is 5.91 Å². The molecule has 8 heteroatoms. The summed E-state index contributed by atoms with van der Waals surface area (Å²) in [5.41, 5.74) is 8.57. The van der Waals surface area contributed by atoms with E-state index in [-0.39, 0.29) is 35.2 Å². The molecule has 5 atom stereocenters. The van der Waals surface area contributed by atoms with Crippen molar-refractivity contribution in [3.8, 4) is 11.5 Å². The largest absolute Gasteiger partial charge is 0.493 e. The van der Waals surface area contributed by atoms with Crippen LogP contribution in [0.5, 0.6) is 11.5 Å². The molecule has 1 heterocycles. The molecule has 0 spiro atoms. The summed E-state index contributed by atoms with van der Waals surface area (Å²) >= 11 is 0. The molecule has 5 N–H and O–H groups in total. The van der Waals surface area contributed by atoms with Gasteiger partial charge in [0, 0.05) is 55.8 Å². The Balaban J connectivity index is 2.03. The summed E-state index contributed by atoms with van der Waals surface area (Å²) in [4.78, 5) is 13.4. The Bertz CT molecular complexity index is 964. The quantitative estimate of drug-likeness (QED) is 0.197. The van der Waals surface area contributed by atoms with E-state index in [0.717, 1.165) is 36.3 Å². The molecule has 1 aromatic carbocycles. The normalized spacial score (nSPS) is 19.8. The van der Waals surface area contributed by atoms with Crippen LogP contribution >= 0.6 is 0 Å². The maximum absolute atomic E-state index is 13.4. The summed E-state index contributed by atoms with van der Waals surface area (Å²) in [5, 5.41) is 17.8. The molecule has 8 nitrogen and oxygen atoms in total. The van der Waals surface area contributed by atoms with E-state index >= 15 is 0 Å². The van der Waals surface area contributed by atoms with Crippen LogP contribution in [0.1, 0.15) is 79.2 Å². The van der Waals surface area contributed by atoms with Crippen LogP contribution in [0.3, 0.4) is 0 Å². The number of hydrogen-bond acceptors (Lipinski definition) is 7. The van der Waals surface area contributed by atoms with Crippen molar-refractivity contribution in [2.75, 3.05) is 27.4 Å². The summed E-state index contributed by atoms with van der Waals surface area (Å²) < 4.78 is 16.6. The van der Waals surface area contributed by atoms with Gasteiger partial charge in [-0.05, 0) is 75.0 Å². The Morgan fingerprint density at radius 2 is 1.85 bits per heavy atom. The predicted octanol–water partition coefficient (Wildman–Crippen LogP) is 4.83. The van der Waals surface area contributed by atoms with Gasteiger partial charge in [0.1, 0.15) is 0 Å². The zero-order valence-corrected chi connectivity index (χ0v) is 26.8. The molecule has 41 heavy (non-hydrogen) atoms. The average molecular weight is 576 g/mol. The summed E-state index contributed by atoms with van der Waals surface area (Å²) in [5.74, 6) is 1.79. The van der Waals surface area contributed by atoms with E-state index in [0.29, 0.717) is 44.1 Å². The molecule has 1 aromatic rings. The lowest BCUT2D eigenvalue weighted by Crippen LogP contribution is -2.53. The number of nitrogens with two attached hydrogens (primary N) is 1. The Kier molecular flexibility index (Phi) is 13.9. The smallest absolute Gasteiger partial charge is 0.223 e. The van der Waals surface area contributed by atoms with E-state index < -0.39 is 12.1 Å². The number of amides is 1. The summed E-state index contributed by atoms with van der Waals surface area (Å²) in [6.45, 7) is 18.0. The first kappa shape index (κ1) is 34.9. The number of aliphatic hydroxyl groups excluding tert-OH is 1. The minimum atomic E-state index is -0.774. The van der Waals surface area contributed by atoms with E-state index in [1.807, 2.05) is 26.0 Å². The molecular weight excluding hydrogens is 518 g/mol. The zero-order chi connectivity index (χ0) is 30.7. The topological polar surface area (TPSA) is 115 Å². The fourth-order valence-corrected chi connectivity index (χ4v) is 5.84. The number of carbonyl (C=O) groups excluding carboxylic acids is 1. The second-order valence-corrected chi connectivity index (χ2v) is 13.2. The zero-order valence-electron chi connectivity index (χ0n) is 26.8. The molecule has 1 saturated heterocycles. The third-order valence-corrected chi connectivity index (χ3v) is 8.24. The maximum Gasteiger partial charge on any atom is 0.223 e. The molecule has 1 amide bonds. The number of carbonyl (C=O) groups is 1. The fraction of sp³-hybridized carbons (Fsp3) is 0.727. The van der Waals surface area contributed by atoms with Gasteiger partial charge in [0.25, 0.3) is 0 Å². The monoisotopic (exact) mass is 575 g/mol. The molecule has 0 saturated carbocycles. The van der Waals surface area contributed by atoms with Gasteiger partial charge in [0.15, 0.2) is 11.5 Å². The molecule has 2 rings (SSSR count). The van der Waals surface area contributed by atoms with E-state index in [2.05, 4.69) is 51.0 Å². The van der Waals surface area contributed by atoms with Crippen molar-refractivity contribution in [3.63, 3.8) is 0 Å². The third kappa shape index (κ3) is 11.5. The molecular formula is C33H57N3O5. The van der Waals surface area contributed by atoms with E-state index in [1.165, 1.54) is 0 Å². The van der Waals surface area contributed by atoms with Crippen LogP contribution in [0.25, 0.3) is 0 Å². The Morgan fingerprint density at radius 1 is 1.15 bits per heavy atom. The highest BCUT2D eigenvalue weighted by molar-refractivity contribution is 5.79. The molecule has 0 aromatic heterocycles. The van der Waals surface area contributed by atoms with Crippen molar-refractivity contribution in [1.82, 2.24) is 10.6 Å². The molecule has 0 bridgehead atoms. The van der Waals surface area contributed by atoms with Gasteiger partial charge in [0.05, 0.1) is 19.8 Å². The average Bonchev–Trinajstić information content (AvgIpc) is 2.87. The number of ether oxygens (including phenoxy) is 3. The van der Waals surface area contributed by atoms with Gasteiger partial charge < -0.3 is 35.7 Å². The van der Waals surface area contributed by atoms with Crippen LogP contribution in [0, 0.1) is 23.7 Å². The molecule has 1 unspecified atom stereocenters. The lowest BCUT2D eigenvalue weighted by atomic mass is 9.80. The highest BCUT2D eigenvalue weighted by atomic mass is 16.5. The van der Waals surface area contributed by atoms with Gasteiger partial charge in [-0.3, -0.25) is 4.79 Å². The van der Waals surface area contributed by atoms with Crippen LogP contribution in [0.2, 0.25) is 0 Å². The number of nitrogens with one attached hydrogen (secondary N) is 2. The lowest BCUT2D eigenvalue weighted by Gasteiger charge is -2.39. The number of hydrogen-bond donors (Lipinski definition) is 4. The minimum Gasteiger partial charge on any atom is -0.493 e. The molecule has 1 aliphatic rings. The first-order chi connectivity index (χ1) is 19.3. The first-order valence-electron chi connectivity index (χ1n) is 15.2. The Morgan fingerprint density at radius 3 is 2.44 bits per heavy atom. The van der Waals surface area contributed by atoms with Crippen molar-refractivity contribution in [1.29, 1.82) is 0 Å². The highest BCUT2D eigenvalue weighted by Gasteiger charge is 2.34. The SMILES string of the molecule is C=C1CC(NC(=O)[C@@H](C[C@H](O)[C@@H](N)C[C@H](Cc2ccc(OC)c(OCCCOC)c2)C(C)C)C(C)C)CC(C)(C)N1. The van der Waals surface area contributed by atoms with Gasteiger partial charge in [0.2, 0.25) is 5.91 Å². The second-order valence-electron chi connectivity index (χ2n) is 13.2. The second kappa shape index (κ2) is 16.4. The first-order valence-corrected chi connectivity index (χ1v) is 15.2. The predicted molar refractivity (Wildman–Crippen MR) is 166 cm³/mol. The molecule has 0 radical (unpaired) electrons. The fourth-order valence-electron chi connectivity index (χ4n) is 5.84. The summed E-state index contributed by atoms with van der Waals surface area (Å²) in [6.07, 6.45) is 3.36.